The lowest BCUT2D eigenvalue weighted by Crippen LogP contribution is -2.36. The number of halogens is 3. The Bertz CT molecular complexity index is 1650. The maximum atomic E-state index is 13.8. The SMILES string of the molecule is CCn1c(=O)c2cnc(Nc3ccc4c(c3)CCNC43CC3)nc2n1-c1ccnc(C2(C(F)(F)F)CC2)n1. The van der Waals surface area contributed by atoms with Gasteiger partial charge in [-0.2, -0.15) is 18.2 Å². The smallest absolute Gasteiger partial charge is 0.324 e. The minimum Gasteiger partial charge on any atom is -0.324 e. The third kappa shape index (κ3) is 3.39. The molecule has 7 rings (SSSR count). The van der Waals surface area contributed by atoms with Crippen molar-refractivity contribution in [3.63, 3.8) is 0 Å². The average Bonchev–Trinajstić information content (AvgIpc) is 3.83. The molecule has 4 aromatic rings. The molecule has 196 valence electrons. The second-order valence-electron chi connectivity index (χ2n) is 10.3. The zero-order valence-corrected chi connectivity index (χ0v) is 20.6. The summed E-state index contributed by atoms with van der Waals surface area (Å²) in [6.45, 7) is 2.98. The molecule has 2 fully saturated rings. The zero-order chi connectivity index (χ0) is 26.3. The monoisotopic (exact) mass is 522 g/mol. The van der Waals surface area contributed by atoms with Crippen LogP contribution in [-0.2, 0) is 23.9 Å². The van der Waals surface area contributed by atoms with Crippen LogP contribution in [0.1, 0.15) is 49.6 Å². The molecule has 0 atom stereocenters. The largest absolute Gasteiger partial charge is 0.401 e. The fraction of sp³-hybridized carbons (Fsp3) is 0.423. The molecule has 1 aliphatic heterocycles. The summed E-state index contributed by atoms with van der Waals surface area (Å²) in [5, 5.41) is 7.11. The van der Waals surface area contributed by atoms with Crippen molar-refractivity contribution in [1.29, 1.82) is 0 Å². The summed E-state index contributed by atoms with van der Waals surface area (Å²) in [6.07, 6.45) is 1.41. The molecular weight excluding hydrogens is 497 g/mol. The second kappa shape index (κ2) is 7.85. The Morgan fingerprint density at radius 2 is 1.92 bits per heavy atom. The van der Waals surface area contributed by atoms with Crippen LogP contribution in [0.3, 0.4) is 0 Å². The topological polar surface area (TPSA) is 103 Å². The molecule has 2 N–H and O–H groups in total. The van der Waals surface area contributed by atoms with Crippen molar-refractivity contribution in [2.24, 2.45) is 0 Å². The molecule has 3 aliphatic rings. The first-order valence-corrected chi connectivity index (χ1v) is 12.8. The molecule has 4 heterocycles. The van der Waals surface area contributed by atoms with E-state index in [9.17, 15) is 18.0 Å². The van der Waals surface area contributed by atoms with Crippen molar-refractivity contribution in [2.45, 2.75) is 62.7 Å². The summed E-state index contributed by atoms with van der Waals surface area (Å²) in [5.41, 5.74) is 1.46. The third-order valence-corrected chi connectivity index (χ3v) is 8.04. The number of fused-ring (bicyclic) bond motifs is 3. The quantitative estimate of drug-likeness (QED) is 0.410. The van der Waals surface area contributed by atoms with Crippen LogP contribution in [-0.4, -0.2) is 42.0 Å². The number of hydrogen-bond acceptors (Lipinski definition) is 7. The fourth-order valence-corrected chi connectivity index (χ4v) is 5.64. The molecule has 0 saturated heterocycles. The van der Waals surface area contributed by atoms with E-state index in [1.807, 2.05) is 6.07 Å². The second-order valence-corrected chi connectivity index (χ2v) is 10.3. The van der Waals surface area contributed by atoms with E-state index in [0.717, 1.165) is 31.5 Å². The van der Waals surface area contributed by atoms with Crippen LogP contribution in [0.4, 0.5) is 24.8 Å². The van der Waals surface area contributed by atoms with E-state index in [1.54, 1.807) is 6.92 Å². The van der Waals surface area contributed by atoms with Gasteiger partial charge >= 0.3 is 6.18 Å². The number of alkyl halides is 3. The average molecular weight is 523 g/mol. The van der Waals surface area contributed by atoms with Gasteiger partial charge in [0.15, 0.2) is 11.5 Å². The highest BCUT2D eigenvalue weighted by molar-refractivity contribution is 5.77. The van der Waals surface area contributed by atoms with Gasteiger partial charge in [0.2, 0.25) is 5.95 Å². The van der Waals surface area contributed by atoms with E-state index in [2.05, 4.69) is 42.7 Å². The van der Waals surface area contributed by atoms with Gasteiger partial charge in [-0.15, -0.1) is 0 Å². The van der Waals surface area contributed by atoms with E-state index in [0.29, 0.717) is 0 Å². The number of anilines is 2. The first-order valence-electron chi connectivity index (χ1n) is 12.8. The summed E-state index contributed by atoms with van der Waals surface area (Å²) in [5.74, 6) is 0.140. The molecular formula is C26H25F3N8O. The van der Waals surface area contributed by atoms with Gasteiger partial charge in [-0.1, -0.05) is 6.07 Å². The van der Waals surface area contributed by atoms with Crippen LogP contribution in [0.5, 0.6) is 0 Å². The molecule has 38 heavy (non-hydrogen) atoms. The highest BCUT2D eigenvalue weighted by atomic mass is 19.4. The molecule has 2 aliphatic carbocycles. The Labute approximate surface area is 215 Å². The number of aromatic nitrogens is 6. The highest BCUT2D eigenvalue weighted by Crippen LogP contribution is 2.57. The summed E-state index contributed by atoms with van der Waals surface area (Å²) in [6, 6.07) is 7.72. The number of rotatable bonds is 5. The number of nitrogens with one attached hydrogen (secondary N) is 2. The van der Waals surface area contributed by atoms with Crippen LogP contribution in [0.2, 0.25) is 0 Å². The van der Waals surface area contributed by atoms with Gasteiger partial charge in [0, 0.05) is 42.8 Å². The Balaban J connectivity index is 1.29. The van der Waals surface area contributed by atoms with E-state index in [1.165, 1.54) is 39.0 Å². The van der Waals surface area contributed by atoms with Gasteiger partial charge in [0.1, 0.15) is 16.6 Å². The van der Waals surface area contributed by atoms with Gasteiger partial charge in [-0.3, -0.25) is 4.79 Å². The normalized spacial score (nSPS) is 18.9. The summed E-state index contributed by atoms with van der Waals surface area (Å²) >= 11 is 0. The van der Waals surface area contributed by atoms with E-state index < -0.39 is 11.6 Å². The van der Waals surface area contributed by atoms with Crippen molar-refractivity contribution < 1.29 is 13.2 Å². The Morgan fingerprint density at radius 3 is 2.63 bits per heavy atom. The first kappa shape index (κ1) is 23.3. The van der Waals surface area contributed by atoms with Crippen molar-refractivity contribution in [3.05, 3.63) is 64.0 Å². The van der Waals surface area contributed by atoms with Crippen LogP contribution < -0.4 is 16.2 Å². The summed E-state index contributed by atoms with van der Waals surface area (Å²) in [4.78, 5) is 30.3. The van der Waals surface area contributed by atoms with E-state index >= 15 is 0 Å². The van der Waals surface area contributed by atoms with Crippen molar-refractivity contribution in [3.8, 4) is 5.82 Å². The van der Waals surface area contributed by atoms with Crippen LogP contribution in [0, 0.1) is 0 Å². The minimum absolute atomic E-state index is 0.0544. The summed E-state index contributed by atoms with van der Waals surface area (Å²) in [7, 11) is 0. The number of benzene rings is 1. The molecule has 9 nitrogen and oxygen atoms in total. The maximum Gasteiger partial charge on any atom is 0.401 e. The molecule has 0 unspecified atom stereocenters. The lowest BCUT2D eigenvalue weighted by Gasteiger charge is -2.27. The molecule has 3 aromatic heterocycles. The van der Waals surface area contributed by atoms with Gasteiger partial charge in [0.25, 0.3) is 5.56 Å². The van der Waals surface area contributed by atoms with Crippen molar-refractivity contribution in [2.75, 3.05) is 11.9 Å². The van der Waals surface area contributed by atoms with E-state index in [4.69, 9.17) is 0 Å². The molecule has 1 spiro atoms. The molecule has 0 amide bonds. The zero-order valence-electron chi connectivity index (χ0n) is 20.6. The number of hydrogen-bond donors (Lipinski definition) is 2. The lowest BCUT2D eigenvalue weighted by atomic mass is 9.92. The Kier molecular flexibility index (Phi) is 4.82. The standard InChI is InChI=1S/C26H25F3N8O/c1-2-36-21(38)17-14-31-23(33-16-3-4-18-15(13-16)5-12-32-25(18)9-10-25)35-20(17)37(36)19-6-11-30-22(34-19)24(7-8-24)26(27,28)29/h3-4,6,11,13-14,32H,2,5,7-10,12H2,1H3,(H,31,33,35). The minimum atomic E-state index is -4.45. The van der Waals surface area contributed by atoms with E-state index in [-0.39, 0.29) is 59.1 Å². The fourth-order valence-electron chi connectivity index (χ4n) is 5.64. The van der Waals surface area contributed by atoms with Crippen LogP contribution in [0.25, 0.3) is 16.9 Å². The van der Waals surface area contributed by atoms with Crippen molar-refractivity contribution >= 4 is 22.7 Å². The van der Waals surface area contributed by atoms with Gasteiger partial charge in [-0.25, -0.2) is 24.3 Å². The van der Waals surface area contributed by atoms with Gasteiger partial charge in [-0.05, 0) is 62.3 Å². The lowest BCUT2D eigenvalue weighted by molar-refractivity contribution is -0.162. The Morgan fingerprint density at radius 1 is 1.11 bits per heavy atom. The molecule has 0 bridgehead atoms. The molecule has 12 heteroatoms. The maximum absolute atomic E-state index is 13.8. The van der Waals surface area contributed by atoms with Gasteiger partial charge in [0.05, 0.1) is 0 Å². The molecule has 1 aromatic carbocycles. The summed E-state index contributed by atoms with van der Waals surface area (Å²) < 4.78 is 44.1. The van der Waals surface area contributed by atoms with Crippen molar-refractivity contribution in [1.82, 2.24) is 34.6 Å². The Hall–Kier alpha value is -3.80. The predicted octanol–water partition coefficient (Wildman–Crippen LogP) is 3.86. The van der Waals surface area contributed by atoms with Crippen LogP contribution >= 0.6 is 0 Å². The molecule has 2 saturated carbocycles. The first-order chi connectivity index (χ1) is 18.2. The highest BCUT2D eigenvalue weighted by Gasteiger charge is 2.66. The van der Waals surface area contributed by atoms with Gasteiger partial charge < -0.3 is 10.6 Å². The molecule has 0 radical (unpaired) electrons. The number of nitrogens with zero attached hydrogens (tertiary/aromatic N) is 6. The third-order valence-electron chi connectivity index (χ3n) is 8.04. The van der Waals surface area contributed by atoms with Crippen LogP contribution in [0.15, 0.2) is 41.5 Å². The predicted molar refractivity (Wildman–Crippen MR) is 134 cm³/mol.